The maximum Gasteiger partial charge on any atom is 0.164 e. The van der Waals surface area contributed by atoms with Crippen LogP contribution in [0, 0.1) is 0 Å². The first-order chi connectivity index (χ1) is 8.09. The van der Waals surface area contributed by atoms with Gasteiger partial charge in [-0.15, -0.1) is 0 Å². The van der Waals surface area contributed by atoms with Crippen molar-refractivity contribution in [1.29, 1.82) is 0 Å². The fourth-order valence-corrected chi connectivity index (χ4v) is 5.66. The summed E-state index contributed by atoms with van der Waals surface area (Å²) in [5.41, 5.74) is 0. The zero-order chi connectivity index (χ0) is 12.3. The summed E-state index contributed by atoms with van der Waals surface area (Å²) in [6.45, 7) is 3.01. The normalized spacial score (nSPS) is 33.2. The van der Waals surface area contributed by atoms with Crippen LogP contribution in [-0.4, -0.2) is 62.1 Å². The maximum atomic E-state index is 11.9. The molecular formula is C11H22N2O2S2. The first kappa shape index (κ1) is 13.6. The van der Waals surface area contributed by atoms with Crippen molar-refractivity contribution in [3.05, 3.63) is 0 Å². The zero-order valence-electron chi connectivity index (χ0n) is 10.4. The molecule has 0 saturated carbocycles. The van der Waals surface area contributed by atoms with Gasteiger partial charge in [-0.3, -0.25) is 4.90 Å². The molecule has 100 valence electrons. The highest BCUT2D eigenvalue weighted by atomic mass is 32.2. The van der Waals surface area contributed by atoms with E-state index in [0.717, 1.165) is 50.4 Å². The number of hydrogen-bond donors (Lipinski definition) is 1. The van der Waals surface area contributed by atoms with Crippen LogP contribution < -0.4 is 5.32 Å². The molecule has 0 radical (unpaired) electrons. The molecule has 0 aromatic rings. The molecule has 2 aliphatic rings. The number of hydrogen-bond acceptors (Lipinski definition) is 5. The van der Waals surface area contributed by atoms with E-state index >= 15 is 0 Å². The van der Waals surface area contributed by atoms with E-state index in [1.165, 1.54) is 6.26 Å². The fraction of sp³-hybridized carbons (Fsp3) is 1.00. The van der Waals surface area contributed by atoms with Crippen LogP contribution in [-0.2, 0) is 9.84 Å². The molecule has 2 heterocycles. The van der Waals surface area contributed by atoms with E-state index in [0.29, 0.717) is 6.04 Å². The largest absolute Gasteiger partial charge is 0.317 e. The minimum atomic E-state index is -2.95. The topological polar surface area (TPSA) is 49.4 Å². The molecule has 0 aromatic heterocycles. The van der Waals surface area contributed by atoms with Gasteiger partial charge in [-0.25, -0.2) is 8.42 Å². The van der Waals surface area contributed by atoms with Gasteiger partial charge in [0, 0.05) is 30.3 Å². The Labute approximate surface area is 108 Å². The van der Waals surface area contributed by atoms with Gasteiger partial charge in [0.25, 0.3) is 0 Å². The zero-order valence-corrected chi connectivity index (χ0v) is 12.0. The Morgan fingerprint density at radius 1 is 1.29 bits per heavy atom. The molecule has 1 N–H and O–H groups in total. The van der Waals surface area contributed by atoms with Crippen molar-refractivity contribution in [2.45, 2.75) is 30.7 Å². The average Bonchev–Trinajstić information content (AvgIpc) is 2.56. The third kappa shape index (κ3) is 3.59. The monoisotopic (exact) mass is 278 g/mol. The minimum absolute atomic E-state index is 0.260. The van der Waals surface area contributed by atoms with E-state index in [1.54, 1.807) is 11.8 Å². The number of nitrogens with zero attached hydrogens (tertiary/aromatic N) is 1. The average molecular weight is 278 g/mol. The van der Waals surface area contributed by atoms with E-state index in [4.69, 9.17) is 0 Å². The van der Waals surface area contributed by atoms with Crippen molar-refractivity contribution in [2.24, 2.45) is 0 Å². The molecule has 4 nitrogen and oxygen atoms in total. The number of sulfone groups is 1. The first-order valence-electron chi connectivity index (χ1n) is 6.32. The summed E-state index contributed by atoms with van der Waals surface area (Å²) < 4.78 is 23.7. The SMILES string of the molecule is CS(=O)(=O)C1CSCCN1C1CCCNCC1. The van der Waals surface area contributed by atoms with E-state index < -0.39 is 9.84 Å². The van der Waals surface area contributed by atoms with Crippen LogP contribution in [0.2, 0.25) is 0 Å². The van der Waals surface area contributed by atoms with E-state index in [2.05, 4.69) is 10.2 Å². The van der Waals surface area contributed by atoms with Gasteiger partial charge in [-0.2, -0.15) is 11.8 Å². The van der Waals surface area contributed by atoms with Crippen LogP contribution in [0.25, 0.3) is 0 Å². The summed E-state index contributed by atoms with van der Waals surface area (Å²) in [6, 6.07) is 0.450. The first-order valence-corrected chi connectivity index (χ1v) is 9.43. The second-order valence-corrected chi connectivity index (χ2v) is 8.28. The van der Waals surface area contributed by atoms with Crippen molar-refractivity contribution >= 4 is 21.6 Å². The molecule has 0 bridgehead atoms. The summed E-state index contributed by atoms with van der Waals surface area (Å²) >= 11 is 1.77. The molecule has 0 amide bonds. The minimum Gasteiger partial charge on any atom is -0.317 e. The second-order valence-electron chi connectivity index (χ2n) is 4.93. The van der Waals surface area contributed by atoms with Gasteiger partial charge in [0.1, 0.15) is 5.37 Å². The third-order valence-electron chi connectivity index (χ3n) is 3.63. The summed E-state index contributed by atoms with van der Waals surface area (Å²) in [5, 5.41) is 3.13. The molecule has 2 aliphatic heterocycles. The second kappa shape index (κ2) is 5.91. The Kier molecular flexibility index (Phi) is 4.74. The van der Waals surface area contributed by atoms with Crippen molar-refractivity contribution in [3.8, 4) is 0 Å². The molecule has 17 heavy (non-hydrogen) atoms. The summed E-state index contributed by atoms with van der Waals surface area (Å²) in [7, 11) is -2.95. The van der Waals surface area contributed by atoms with Crippen molar-refractivity contribution in [1.82, 2.24) is 10.2 Å². The Morgan fingerprint density at radius 2 is 2.12 bits per heavy atom. The number of rotatable bonds is 2. The lowest BCUT2D eigenvalue weighted by atomic mass is 10.1. The Balaban J connectivity index is 2.09. The molecule has 6 heteroatoms. The van der Waals surface area contributed by atoms with Crippen LogP contribution in [0.15, 0.2) is 0 Å². The molecule has 2 unspecified atom stereocenters. The third-order valence-corrected chi connectivity index (χ3v) is 6.29. The van der Waals surface area contributed by atoms with Crippen LogP contribution >= 0.6 is 11.8 Å². The van der Waals surface area contributed by atoms with E-state index in [9.17, 15) is 8.42 Å². The predicted octanol–water partition coefficient (Wildman–Crippen LogP) is 0.548. The highest BCUT2D eigenvalue weighted by Gasteiger charge is 2.35. The fourth-order valence-electron chi connectivity index (χ4n) is 2.71. The molecule has 0 aliphatic carbocycles. The van der Waals surface area contributed by atoms with Gasteiger partial charge in [0.2, 0.25) is 0 Å². The molecule has 0 aromatic carbocycles. The van der Waals surface area contributed by atoms with Crippen molar-refractivity contribution < 1.29 is 8.42 Å². The quantitative estimate of drug-likeness (QED) is 0.799. The highest BCUT2D eigenvalue weighted by molar-refractivity contribution is 8.00. The standard InChI is InChI=1S/C11H22N2O2S2/c1-17(14,15)11-9-16-8-7-13(11)10-3-2-5-12-6-4-10/h10-12H,2-9H2,1H3. The Morgan fingerprint density at radius 3 is 2.88 bits per heavy atom. The lowest BCUT2D eigenvalue weighted by molar-refractivity contribution is 0.178. The van der Waals surface area contributed by atoms with Crippen molar-refractivity contribution in [3.63, 3.8) is 0 Å². The van der Waals surface area contributed by atoms with Crippen LogP contribution in [0.4, 0.5) is 0 Å². The molecule has 0 spiro atoms. The van der Waals surface area contributed by atoms with Crippen LogP contribution in [0.3, 0.4) is 0 Å². The highest BCUT2D eigenvalue weighted by Crippen LogP contribution is 2.26. The van der Waals surface area contributed by atoms with Gasteiger partial charge in [-0.1, -0.05) is 0 Å². The lowest BCUT2D eigenvalue weighted by Gasteiger charge is -2.39. The van der Waals surface area contributed by atoms with Gasteiger partial charge < -0.3 is 5.32 Å². The number of nitrogens with one attached hydrogen (secondary N) is 1. The summed E-state index contributed by atoms with van der Waals surface area (Å²) in [6.07, 6.45) is 4.75. The predicted molar refractivity (Wildman–Crippen MR) is 73.2 cm³/mol. The number of thioether (sulfide) groups is 1. The summed E-state index contributed by atoms with van der Waals surface area (Å²) in [5.74, 6) is 1.80. The van der Waals surface area contributed by atoms with Gasteiger partial charge >= 0.3 is 0 Å². The molecule has 2 rings (SSSR count). The smallest absolute Gasteiger partial charge is 0.164 e. The van der Waals surface area contributed by atoms with Gasteiger partial charge in [0.15, 0.2) is 9.84 Å². The molecule has 2 atom stereocenters. The Bertz CT molecular complexity index is 337. The van der Waals surface area contributed by atoms with Crippen LogP contribution in [0.5, 0.6) is 0 Å². The van der Waals surface area contributed by atoms with E-state index in [1.807, 2.05) is 0 Å². The maximum absolute atomic E-state index is 11.9. The Hall–Kier alpha value is 0.220. The lowest BCUT2D eigenvalue weighted by Crippen LogP contribution is -2.52. The van der Waals surface area contributed by atoms with Gasteiger partial charge in [0.05, 0.1) is 0 Å². The molecule has 2 saturated heterocycles. The summed E-state index contributed by atoms with van der Waals surface area (Å²) in [4.78, 5) is 2.25. The molecule has 2 fully saturated rings. The van der Waals surface area contributed by atoms with Gasteiger partial charge in [-0.05, 0) is 32.4 Å². The molecular weight excluding hydrogens is 256 g/mol. The van der Waals surface area contributed by atoms with Crippen molar-refractivity contribution in [2.75, 3.05) is 37.4 Å². The van der Waals surface area contributed by atoms with Crippen LogP contribution in [0.1, 0.15) is 19.3 Å². The van der Waals surface area contributed by atoms with E-state index in [-0.39, 0.29) is 5.37 Å².